The molecule has 0 amide bonds. The molecule has 1 rings (SSSR count). The highest BCUT2D eigenvalue weighted by Crippen LogP contribution is 2.24. The van der Waals surface area contributed by atoms with E-state index in [1.54, 1.807) is 0 Å². The molecule has 0 aliphatic heterocycles. The summed E-state index contributed by atoms with van der Waals surface area (Å²) in [4.78, 5) is 13.6. The molecule has 0 aliphatic rings. The minimum absolute atomic E-state index is 0.615. The molecule has 0 aromatic heterocycles. The van der Waals surface area contributed by atoms with Gasteiger partial charge in [0.15, 0.2) is 0 Å². The van der Waals surface area contributed by atoms with Crippen LogP contribution in [-0.2, 0) is 4.79 Å². The number of nitrogens with zero attached hydrogens (tertiary/aromatic N) is 1. The summed E-state index contributed by atoms with van der Waals surface area (Å²) in [6.45, 7) is 4.37. The SMILES string of the molecule is CCC(CC)c1ccc(N=C=O)cc1. The molecule has 0 saturated carbocycles. The smallest absolute Gasteiger partial charge is 0.211 e. The van der Waals surface area contributed by atoms with Crippen LogP contribution in [0, 0.1) is 0 Å². The molecule has 0 heterocycles. The molecule has 0 radical (unpaired) electrons. The normalized spacial score (nSPS) is 9.93. The van der Waals surface area contributed by atoms with Gasteiger partial charge in [-0.1, -0.05) is 26.0 Å². The summed E-state index contributed by atoms with van der Waals surface area (Å²) in [6.07, 6.45) is 3.83. The number of carbonyl (C=O) groups excluding carboxylic acids is 1. The fourth-order valence-corrected chi connectivity index (χ4v) is 1.63. The number of hydrogen-bond donors (Lipinski definition) is 0. The molecule has 14 heavy (non-hydrogen) atoms. The number of rotatable bonds is 4. The molecule has 2 nitrogen and oxygen atoms in total. The van der Waals surface area contributed by atoms with Crippen LogP contribution in [0.15, 0.2) is 29.3 Å². The van der Waals surface area contributed by atoms with E-state index < -0.39 is 0 Å². The van der Waals surface area contributed by atoms with Gasteiger partial charge in [-0.15, -0.1) is 0 Å². The quantitative estimate of drug-likeness (QED) is 0.526. The Labute approximate surface area is 84.7 Å². The average molecular weight is 189 g/mol. The fraction of sp³-hybridized carbons (Fsp3) is 0.417. The van der Waals surface area contributed by atoms with Crippen LogP contribution < -0.4 is 0 Å². The Morgan fingerprint density at radius 3 is 2.21 bits per heavy atom. The van der Waals surface area contributed by atoms with Crippen molar-refractivity contribution in [2.45, 2.75) is 32.6 Å². The van der Waals surface area contributed by atoms with Crippen LogP contribution in [0.25, 0.3) is 0 Å². The molecular weight excluding hydrogens is 174 g/mol. The van der Waals surface area contributed by atoms with Gasteiger partial charge < -0.3 is 0 Å². The molecular formula is C12H15NO. The third kappa shape index (κ3) is 2.54. The van der Waals surface area contributed by atoms with Crippen LogP contribution in [0.1, 0.15) is 38.2 Å². The van der Waals surface area contributed by atoms with Crippen molar-refractivity contribution in [1.29, 1.82) is 0 Å². The van der Waals surface area contributed by atoms with Gasteiger partial charge in [0, 0.05) is 0 Å². The minimum atomic E-state index is 0.615. The first-order chi connectivity index (χ1) is 6.81. The average Bonchev–Trinajstić information content (AvgIpc) is 2.23. The zero-order chi connectivity index (χ0) is 10.4. The summed E-state index contributed by atoms with van der Waals surface area (Å²) in [5.41, 5.74) is 1.99. The summed E-state index contributed by atoms with van der Waals surface area (Å²) in [5, 5.41) is 0. The summed E-state index contributed by atoms with van der Waals surface area (Å²) in [7, 11) is 0. The molecule has 0 fully saturated rings. The second-order valence-corrected chi connectivity index (χ2v) is 3.31. The van der Waals surface area contributed by atoms with Gasteiger partial charge in [-0.25, -0.2) is 4.79 Å². The van der Waals surface area contributed by atoms with Gasteiger partial charge in [-0.05, 0) is 36.5 Å². The molecule has 2 heteroatoms. The lowest BCUT2D eigenvalue weighted by atomic mass is 9.94. The molecule has 74 valence electrons. The van der Waals surface area contributed by atoms with Crippen molar-refractivity contribution >= 4 is 11.8 Å². The zero-order valence-electron chi connectivity index (χ0n) is 8.66. The Hall–Kier alpha value is -1.40. The Morgan fingerprint density at radius 1 is 1.21 bits per heavy atom. The fourth-order valence-electron chi connectivity index (χ4n) is 1.63. The summed E-state index contributed by atoms with van der Waals surface area (Å²) in [6, 6.07) is 7.79. The van der Waals surface area contributed by atoms with Gasteiger partial charge >= 0.3 is 0 Å². The topological polar surface area (TPSA) is 29.4 Å². The van der Waals surface area contributed by atoms with Crippen LogP contribution in [0.5, 0.6) is 0 Å². The van der Waals surface area contributed by atoms with Gasteiger partial charge in [0.25, 0.3) is 0 Å². The molecule has 0 saturated heterocycles. The van der Waals surface area contributed by atoms with Crippen molar-refractivity contribution in [3.8, 4) is 0 Å². The minimum Gasteiger partial charge on any atom is -0.211 e. The van der Waals surface area contributed by atoms with Gasteiger partial charge in [0.05, 0.1) is 5.69 Å². The lowest BCUT2D eigenvalue weighted by Crippen LogP contribution is -1.93. The van der Waals surface area contributed by atoms with Crippen molar-refractivity contribution in [1.82, 2.24) is 0 Å². The molecule has 1 aromatic carbocycles. The highest BCUT2D eigenvalue weighted by atomic mass is 16.1. The Balaban J connectivity index is 2.86. The van der Waals surface area contributed by atoms with Crippen molar-refractivity contribution in [2.24, 2.45) is 4.99 Å². The molecule has 1 aromatic rings. The lowest BCUT2D eigenvalue weighted by molar-refractivity contribution is 0.565. The summed E-state index contributed by atoms with van der Waals surface area (Å²) in [5.74, 6) is 0.615. The van der Waals surface area contributed by atoms with E-state index in [0.717, 1.165) is 12.8 Å². The maximum absolute atomic E-state index is 10.0. The summed E-state index contributed by atoms with van der Waals surface area (Å²) < 4.78 is 0. The van der Waals surface area contributed by atoms with E-state index in [4.69, 9.17) is 0 Å². The highest BCUT2D eigenvalue weighted by molar-refractivity contribution is 5.49. The predicted molar refractivity (Wildman–Crippen MR) is 57.5 cm³/mol. The second kappa shape index (κ2) is 5.36. The van der Waals surface area contributed by atoms with E-state index in [9.17, 15) is 4.79 Å². The largest absolute Gasteiger partial charge is 0.240 e. The Morgan fingerprint density at radius 2 is 1.79 bits per heavy atom. The first kappa shape index (κ1) is 10.7. The first-order valence-corrected chi connectivity index (χ1v) is 4.99. The lowest BCUT2D eigenvalue weighted by Gasteiger charge is -2.12. The maximum Gasteiger partial charge on any atom is 0.240 e. The van der Waals surface area contributed by atoms with E-state index >= 15 is 0 Å². The Kier molecular flexibility index (Phi) is 4.09. The van der Waals surface area contributed by atoms with E-state index in [1.807, 2.05) is 24.3 Å². The zero-order valence-corrected chi connectivity index (χ0v) is 8.66. The van der Waals surface area contributed by atoms with Crippen molar-refractivity contribution < 1.29 is 4.79 Å². The van der Waals surface area contributed by atoms with Gasteiger partial charge in [-0.2, -0.15) is 4.99 Å². The standard InChI is InChI=1S/C12H15NO/c1-3-10(4-2)11-5-7-12(8-6-11)13-9-14/h5-8,10H,3-4H2,1-2H3. The summed E-state index contributed by atoms with van der Waals surface area (Å²) >= 11 is 0. The number of benzene rings is 1. The second-order valence-electron chi connectivity index (χ2n) is 3.31. The molecule has 0 spiro atoms. The van der Waals surface area contributed by atoms with Crippen molar-refractivity contribution in [3.63, 3.8) is 0 Å². The van der Waals surface area contributed by atoms with Crippen LogP contribution >= 0.6 is 0 Å². The molecule has 0 aliphatic carbocycles. The molecule has 0 N–H and O–H groups in total. The number of hydrogen-bond acceptors (Lipinski definition) is 2. The van der Waals surface area contributed by atoms with E-state index in [0.29, 0.717) is 11.6 Å². The highest BCUT2D eigenvalue weighted by Gasteiger charge is 2.05. The van der Waals surface area contributed by atoms with Crippen molar-refractivity contribution in [2.75, 3.05) is 0 Å². The van der Waals surface area contributed by atoms with Gasteiger partial charge in [-0.3, -0.25) is 0 Å². The molecule has 0 atom stereocenters. The number of isocyanates is 1. The third-order valence-electron chi connectivity index (χ3n) is 2.52. The van der Waals surface area contributed by atoms with Crippen LogP contribution in [-0.4, -0.2) is 6.08 Å². The number of aliphatic imine (C=N–C) groups is 1. The predicted octanol–water partition coefficient (Wildman–Crippen LogP) is 3.56. The Bertz CT molecular complexity index is 319. The van der Waals surface area contributed by atoms with Gasteiger partial charge in [0.2, 0.25) is 6.08 Å². The van der Waals surface area contributed by atoms with Crippen LogP contribution in [0.4, 0.5) is 5.69 Å². The van der Waals surface area contributed by atoms with E-state index in [1.165, 1.54) is 11.6 Å². The third-order valence-corrected chi connectivity index (χ3v) is 2.52. The maximum atomic E-state index is 10.0. The van der Waals surface area contributed by atoms with E-state index in [2.05, 4.69) is 18.8 Å². The molecule has 0 unspecified atom stereocenters. The van der Waals surface area contributed by atoms with E-state index in [-0.39, 0.29) is 0 Å². The first-order valence-electron chi connectivity index (χ1n) is 4.99. The van der Waals surface area contributed by atoms with Crippen LogP contribution in [0.2, 0.25) is 0 Å². The molecule has 0 bridgehead atoms. The monoisotopic (exact) mass is 189 g/mol. The van der Waals surface area contributed by atoms with Crippen LogP contribution in [0.3, 0.4) is 0 Å². The van der Waals surface area contributed by atoms with Gasteiger partial charge in [0.1, 0.15) is 0 Å². The van der Waals surface area contributed by atoms with Crippen molar-refractivity contribution in [3.05, 3.63) is 29.8 Å².